The van der Waals surface area contributed by atoms with Gasteiger partial charge in [0.25, 0.3) is 0 Å². The topological polar surface area (TPSA) is 84.3 Å². The van der Waals surface area contributed by atoms with Crippen LogP contribution in [0.1, 0.15) is 18.6 Å². The Balaban J connectivity index is 1.90. The van der Waals surface area contributed by atoms with Crippen LogP contribution in [0.15, 0.2) is 53.5 Å². The van der Waals surface area contributed by atoms with Crippen molar-refractivity contribution in [1.29, 1.82) is 0 Å². The quantitative estimate of drug-likeness (QED) is 0.330. The molecule has 1 atom stereocenters. The molecule has 28 heavy (non-hydrogen) atoms. The molecule has 152 valence electrons. The summed E-state index contributed by atoms with van der Waals surface area (Å²) in [5, 5.41) is 16.9. The standard InChI is InChI=1S/C21H29N3O4/c1-4-22-21(23-10-11-28-17-8-6-5-7-9-17)24-15-20(25)16-12-18(26-2)14-19(13-16)27-3/h5-9,12-14,20,25H,4,10-11,15H2,1-3H3,(H2,22,23,24). The molecule has 7 nitrogen and oxygen atoms in total. The lowest BCUT2D eigenvalue weighted by molar-refractivity contribution is 0.186. The van der Waals surface area contributed by atoms with Crippen molar-refractivity contribution in [3.8, 4) is 17.2 Å². The van der Waals surface area contributed by atoms with Crippen molar-refractivity contribution >= 4 is 5.96 Å². The lowest BCUT2D eigenvalue weighted by Gasteiger charge is -2.15. The van der Waals surface area contributed by atoms with Gasteiger partial charge in [0.1, 0.15) is 23.9 Å². The summed E-state index contributed by atoms with van der Waals surface area (Å²) in [5.74, 6) is 2.70. The smallest absolute Gasteiger partial charge is 0.191 e. The average Bonchev–Trinajstić information content (AvgIpc) is 2.74. The van der Waals surface area contributed by atoms with Gasteiger partial charge in [-0.25, -0.2) is 0 Å². The molecule has 0 aliphatic heterocycles. The van der Waals surface area contributed by atoms with Crippen LogP contribution in [0.25, 0.3) is 0 Å². The molecule has 2 aromatic carbocycles. The number of nitrogens with one attached hydrogen (secondary N) is 2. The van der Waals surface area contributed by atoms with Gasteiger partial charge < -0.3 is 30.0 Å². The molecule has 1 unspecified atom stereocenters. The predicted molar refractivity (Wildman–Crippen MR) is 110 cm³/mol. The molecular formula is C21H29N3O4. The molecular weight excluding hydrogens is 358 g/mol. The number of ether oxygens (including phenoxy) is 3. The zero-order valence-corrected chi connectivity index (χ0v) is 16.6. The lowest BCUT2D eigenvalue weighted by Crippen LogP contribution is -2.39. The highest BCUT2D eigenvalue weighted by atomic mass is 16.5. The maximum absolute atomic E-state index is 10.5. The number of aliphatic hydroxyl groups is 1. The van der Waals surface area contributed by atoms with Gasteiger partial charge in [0.2, 0.25) is 0 Å². The van der Waals surface area contributed by atoms with Crippen LogP contribution in [-0.4, -0.2) is 51.5 Å². The minimum Gasteiger partial charge on any atom is -0.497 e. The Morgan fingerprint density at radius 3 is 2.29 bits per heavy atom. The van der Waals surface area contributed by atoms with E-state index in [2.05, 4.69) is 15.6 Å². The van der Waals surface area contributed by atoms with Gasteiger partial charge in [-0.15, -0.1) is 0 Å². The van der Waals surface area contributed by atoms with Crippen molar-refractivity contribution in [2.45, 2.75) is 13.0 Å². The third-order valence-corrected chi connectivity index (χ3v) is 3.93. The maximum atomic E-state index is 10.5. The number of methoxy groups -OCH3 is 2. The Kier molecular flexibility index (Phi) is 8.94. The number of para-hydroxylation sites is 1. The first-order valence-electron chi connectivity index (χ1n) is 9.27. The molecule has 0 amide bonds. The molecule has 0 aliphatic rings. The van der Waals surface area contributed by atoms with E-state index >= 15 is 0 Å². The highest BCUT2D eigenvalue weighted by molar-refractivity contribution is 5.79. The van der Waals surface area contributed by atoms with E-state index in [1.807, 2.05) is 37.3 Å². The van der Waals surface area contributed by atoms with E-state index < -0.39 is 6.10 Å². The summed E-state index contributed by atoms with van der Waals surface area (Å²) >= 11 is 0. The SMILES string of the molecule is CCNC(=NCC(O)c1cc(OC)cc(OC)c1)NCCOc1ccccc1. The number of guanidine groups is 1. The summed E-state index contributed by atoms with van der Waals surface area (Å²) in [6, 6.07) is 15.0. The van der Waals surface area contributed by atoms with Crippen LogP contribution in [0.4, 0.5) is 0 Å². The van der Waals surface area contributed by atoms with E-state index in [0.717, 1.165) is 5.75 Å². The van der Waals surface area contributed by atoms with Crippen LogP contribution in [0.5, 0.6) is 17.2 Å². The van der Waals surface area contributed by atoms with Gasteiger partial charge in [0, 0.05) is 12.6 Å². The Morgan fingerprint density at radius 2 is 1.68 bits per heavy atom. The van der Waals surface area contributed by atoms with Crippen LogP contribution in [0, 0.1) is 0 Å². The van der Waals surface area contributed by atoms with Crippen molar-refractivity contribution in [2.24, 2.45) is 4.99 Å². The zero-order chi connectivity index (χ0) is 20.2. The van der Waals surface area contributed by atoms with Crippen LogP contribution >= 0.6 is 0 Å². The Bertz CT molecular complexity index is 715. The Hall–Kier alpha value is -2.93. The molecule has 7 heteroatoms. The first-order valence-corrected chi connectivity index (χ1v) is 9.27. The monoisotopic (exact) mass is 387 g/mol. The molecule has 0 spiro atoms. The lowest BCUT2D eigenvalue weighted by atomic mass is 10.1. The summed E-state index contributed by atoms with van der Waals surface area (Å²) in [7, 11) is 3.15. The van der Waals surface area contributed by atoms with Gasteiger partial charge in [-0.2, -0.15) is 0 Å². The second-order valence-corrected chi connectivity index (χ2v) is 5.97. The van der Waals surface area contributed by atoms with Gasteiger partial charge in [0.15, 0.2) is 5.96 Å². The van der Waals surface area contributed by atoms with E-state index in [-0.39, 0.29) is 6.54 Å². The second kappa shape index (κ2) is 11.7. The van der Waals surface area contributed by atoms with Crippen molar-refractivity contribution in [3.05, 3.63) is 54.1 Å². The number of aliphatic hydroxyl groups excluding tert-OH is 1. The van der Waals surface area contributed by atoms with E-state index in [0.29, 0.717) is 42.7 Å². The van der Waals surface area contributed by atoms with Gasteiger partial charge in [-0.3, -0.25) is 4.99 Å². The average molecular weight is 387 g/mol. The number of nitrogens with zero attached hydrogens (tertiary/aromatic N) is 1. The van der Waals surface area contributed by atoms with E-state index in [9.17, 15) is 5.11 Å². The van der Waals surface area contributed by atoms with E-state index in [1.165, 1.54) is 0 Å². The minimum absolute atomic E-state index is 0.200. The molecule has 0 aromatic heterocycles. The number of rotatable bonds is 10. The summed E-state index contributed by atoms with van der Waals surface area (Å²) < 4.78 is 16.2. The highest BCUT2D eigenvalue weighted by Crippen LogP contribution is 2.26. The van der Waals surface area contributed by atoms with E-state index in [4.69, 9.17) is 14.2 Å². The van der Waals surface area contributed by atoms with Gasteiger partial charge in [-0.1, -0.05) is 18.2 Å². The first-order chi connectivity index (χ1) is 13.7. The number of benzene rings is 2. The minimum atomic E-state index is -0.778. The molecule has 0 aliphatic carbocycles. The fourth-order valence-corrected chi connectivity index (χ4v) is 2.50. The Morgan fingerprint density at radius 1 is 1.00 bits per heavy atom. The highest BCUT2D eigenvalue weighted by Gasteiger charge is 2.11. The fraction of sp³-hybridized carbons (Fsp3) is 0.381. The van der Waals surface area contributed by atoms with E-state index in [1.54, 1.807) is 32.4 Å². The second-order valence-electron chi connectivity index (χ2n) is 5.97. The molecule has 2 aromatic rings. The van der Waals surface area contributed by atoms with Crippen LogP contribution in [0.3, 0.4) is 0 Å². The molecule has 2 rings (SSSR count). The molecule has 0 saturated carbocycles. The molecule has 0 heterocycles. The predicted octanol–water partition coefficient (Wildman–Crippen LogP) is 2.37. The number of aliphatic imine (C=N–C) groups is 1. The van der Waals surface area contributed by atoms with Crippen molar-refractivity contribution < 1.29 is 19.3 Å². The first kappa shape index (κ1) is 21.4. The molecule has 0 fully saturated rings. The van der Waals surface area contributed by atoms with Crippen molar-refractivity contribution in [1.82, 2.24) is 10.6 Å². The van der Waals surface area contributed by atoms with Crippen LogP contribution in [-0.2, 0) is 0 Å². The van der Waals surface area contributed by atoms with Gasteiger partial charge in [0.05, 0.1) is 33.4 Å². The third kappa shape index (κ3) is 7.00. The van der Waals surface area contributed by atoms with Crippen LogP contribution in [0.2, 0.25) is 0 Å². The Labute approximate surface area is 166 Å². The summed E-state index contributed by atoms with van der Waals surface area (Å²) in [6.07, 6.45) is -0.778. The molecule has 0 radical (unpaired) electrons. The number of hydrogen-bond acceptors (Lipinski definition) is 5. The summed E-state index contributed by atoms with van der Waals surface area (Å²) in [5.41, 5.74) is 0.684. The zero-order valence-electron chi connectivity index (χ0n) is 16.6. The summed E-state index contributed by atoms with van der Waals surface area (Å²) in [4.78, 5) is 4.45. The van der Waals surface area contributed by atoms with Crippen LogP contribution < -0.4 is 24.8 Å². The summed E-state index contributed by atoms with van der Waals surface area (Å²) in [6.45, 7) is 3.99. The molecule has 0 bridgehead atoms. The number of hydrogen-bond donors (Lipinski definition) is 3. The van der Waals surface area contributed by atoms with Crippen molar-refractivity contribution in [2.75, 3.05) is 40.5 Å². The third-order valence-electron chi connectivity index (χ3n) is 3.93. The maximum Gasteiger partial charge on any atom is 0.191 e. The molecule has 3 N–H and O–H groups in total. The fourth-order valence-electron chi connectivity index (χ4n) is 2.50. The van der Waals surface area contributed by atoms with Crippen molar-refractivity contribution in [3.63, 3.8) is 0 Å². The normalized spacial score (nSPS) is 12.2. The molecule has 0 saturated heterocycles. The van der Waals surface area contributed by atoms with Gasteiger partial charge >= 0.3 is 0 Å². The largest absolute Gasteiger partial charge is 0.497 e. The van der Waals surface area contributed by atoms with Gasteiger partial charge in [-0.05, 0) is 36.8 Å².